The molecule has 1 aliphatic heterocycles. The predicted molar refractivity (Wildman–Crippen MR) is 117 cm³/mol. The molecule has 0 spiro atoms. The number of carbonyl (C=O) groups excluding carboxylic acids is 2. The third kappa shape index (κ3) is 5.92. The summed E-state index contributed by atoms with van der Waals surface area (Å²) in [5.74, 6) is 0.522. The first-order chi connectivity index (χ1) is 16.0. The summed E-state index contributed by atoms with van der Waals surface area (Å²) >= 11 is 0. The van der Waals surface area contributed by atoms with Gasteiger partial charge in [-0.15, -0.1) is 0 Å². The van der Waals surface area contributed by atoms with Crippen LogP contribution in [0.25, 0.3) is 0 Å². The summed E-state index contributed by atoms with van der Waals surface area (Å²) in [6.07, 6.45) is 0. The Morgan fingerprint density at radius 1 is 1.12 bits per heavy atom. The van der Waals surface area contributed by atoms with Crippen molar-refractivity contribution in [2.24, 2.45) is 0 Å². The van der Waals surface area contributed by atoms with Gasteiger partial charge >= 0.3 is 0 Å². The number of carbonyl (C=O) groups is 2. The molecule has 9 nitrogen and oxygen atoms in total. The van der Waals surface area contributed by atoms with Gasteiger partial charge in [-0.2, -0.15) is 4.98 Å². The second kappa shape index (κ2) is 10.2. The molecule has 0 unspecified atom stereocenters. The fourth-order valence-electron chi connectivity index (χ4n) is 3.56. The van der Waals surface area contributed by atoms with Gasteiger partial charge < -0.3 is 19.5 Å². The van der Waals surface area contributed by atoms with Crippen LogP contribution in [0.5, 0.6) is 5.75 Å². The number of anilines is 1. The van der Waals surface area contributed by atoms with Crippen molar-refractivity contribution in [1.82, 2.24) is 19.9 Å². The Balaban J connectivity index is 1.30. The van der Waals surface area contributed by atoms with Gasteiger partial charge in [-0.25, -0.2) is 4.39 Å². The van der Waals surface area contributed by atoms with Crippen molar-refractivity contribution in [3.8, 4) is 5.75 Å². The summed E-state index contributed by atoms with van der Waals surface area (Å²) in [5, 5.41) is 6.49. The highest BCUT2D eigenvalue weighted by atomic mass is 19.1. The summed E-state index contributed by atoms with van der Waals surface area (Å²) in [7, 11) is 0. The number of benzene rings is 2. The van der Waals surface area contributed by atoms with E-state index in [2.05, 4.69) is 15.5 Å². The molecule has 1 N–H and O–H groups in total. The van der Waals surface area contributed by atoms with Crippen LogP contribution in [0.3, 0.4) is 0 Å². The second-order valence-electron chi connectivity index (χ2n) is 7.64. The Hall–Kier alpha value is -3.79. The van der Waals surface area contributed by atoms with Crippen LogP contribution < -0.4 is 10.1 Å². The van der Waals surface area contributed by atoms with Crippen LogP contribution in [-0.2, 0) is 11.4 Å². The molecule has 2 aromatic carbocycles. The number of nitrogens with one attached hydrogen (secondary N) is 1. The molecule has 0 atom stereocenters. The van der Waals surface area contributed by atoms with Crippen LogP contribution >= 0.6 is 0 Å². The largest absolute Gasteiger partial charge is 0.485 e. The van der Waals surface area contributed by atoms with Gasteiger partial charge in [-0.1, -0.05) is 23.4 Å². The molecule has 3 aromatic rings. The van der Waals surface area contributed by atoms with Crippen molar-refractivity contribution in [2.75, 3.05) is 38.0 Å². The molecule has 1 aliphatic rings. The number of hydrogen-bond donors (Lipinski definition) is 1. The van der Waals surface area contributed by atoms with Crippen molar-refractivity contribution < 1.29 is 23.2 Å². The maximum absolute atomic E-state index is 13.3. The first-order valence-corrected chi connectivity index (χ1v) is 10.6. The van der Waals surface area contributed by atoms with Gasteiger partial charge in [0.05, 0.1) is 12.1 Å². The van der Waals surface area contributed by atoms with Crippen molar-refractivity contribution in [1.29, 1.82) is 0 Å². The van der Waals surface area contributed by atoms with Crippen LogP contribution in [0.1, 0.15) is 22.1 Å². The maximum atomic E-state index is 13.3. The van der Waals surface area contributed by atoms with E-state index < -0.39 is 5.82 Å². The molecule has 2 heterocycles. The maximum Gasteiger partial charge on any atom is 0.257 e. The van der Waals surface area contributed by atoms with Gasteiger partial charge in [-0.05, 0) is 30.3 Å². The molecule has 4 rings (SSSR count). The Morgan fingerprint density at radius 3 is 2.64 bits per heavy atom. The normalized spacial score (nSPS) is 14.2. The molecule has 0 aliphatic carbocycles. The number of rotatable bonds is 7. The second-order valence-corrected chi connectivity index (χ2v) is 7.64. The molecular formula is C23H24FN5O4. The van der Waals surface area contributed by atoms with Gasteiger partial charge in [0.1, 0.15) is 11.6 Å². The lowest BCUT2D eigenvalue weighted by Crippen LogP contribution is -2.50. The quantitative estimate of drug-likeness (QED) is 0.587. The molecule has 1 aromatic heterocycles. The van der Waals surface area contributed by atoms with Gasteiger partial charge in [0, 0.05) is 38.8 Å². The fourth-order valence-corrected chi connectivity index (χ4v) is 3.56. The minimum absolute atomic E-state index is 0.0931. The minimum atomic E-state index is -0.406. The number of hydrogen-bond acceptors (Lipinski definition) is 7. The number of aromatic nitrogens is 2. The third-order valence-corrected chi connectivity index (χ3v) is 5.18. The summed E-state index contributed by atoms with van der Waals surface area (Å²) < 4.78 is 24.0. The first kappa shape index (κ1) is 22.4. The Morgan fingerprint density at radius 2 is 1.91 bits per heavy atom. The van der Waals surface area contributed by atoms with E-state index in [4.69, 9.17) is 9.26 Å². The number of para-hydroxylation sites is 1. The average Bonchev–Trinajstić information content (AvgIpc) is 3.23. The van der Waals surface area contributed by atoms with Crippen molar-refractivity contribution in [3.63, 3.8) is 0 Å². The zero-order chi connectivity index (χ0) is 23.2. The monoisotopic (exact) mass is 453 g/mol. The predicted octanol–water partition coefficient (Wildman–Crippen LogP) is 2.49. The van der Waals surface area contributed by atoms with Gasteiger partial charge in [0.15, 0.2) is 6.61 Å². The highest BCUT2D eigenvalue weighted by molar-refractivity contribution is 5.97. The van der Waals surface area contributed by atoms with E-state index in [-0.39, 0.29) is 25.0 Å². The Labute approximate surface area is 190 Å². The molecule has 2 amide bonds. The molecule has 172 valence electrons. The fraction of sp³-hybridized carbons (Fsp3) is 0.304. The first-order valence-electron chi connectivity index (χ1n) is 10.6. The van der Waals surface area contributed by atoms with Gasteiger partial charge in [0.2, 0.25) is 17.6 Å². The van der Waals surface area contributed by atoms with Gasteiger partial charge in [-0.3, -0.25) is 14.5 Å². The highest BCUT2D eigenvalue weighted by Gasteiger charge is 2.25. The van der Waals surface area contributed by atoms with E-state index in [0.717, 1.165) is 0 Å². The van der Waals surface area contributed by atoms with E-state index in [1.165, 1.54) is 12.1 Å². The smallest absolute Gasteiger partial charge is 0.257 e. The molecule has 0 saturated carbocycles. The number of ether oxygens (including phenoxy) is 1. The molecule has 10 heteroatoms. The zero-order valence-electron chi connectivity index (χ0n) is 18.2. The molecule has 1 fully saturated rings. The Bertz CT molecular complexity index is 1130. The molecular weight excluding hydrogens is 429 g/mol. The van der Waals surface area contributed by atoms with Crippen LogP contribution in [0.2, 0.25) is 0 Å². The lowest BCUT2D eigenvalue weighted by Gasteiger charge is -2.34. The summed E-state index contributed by atoms with van der Waals surface area (Å²) in [5.41, 5.74) is 0.872. The zero-order valence-corrected chi connectivity index (χ0v) is 18.2. The van der Waals surface area contributed by atoms with E-state index in [1.807, 2.05) is 4.90 Å². The number of amides is 2. The summed E-state index contributed by atoms with van der Waals surface area (Å²) in [6.45, 7) is 4.01. The van der Waals surface area contributed by atoms with Crippen molar-refractivity contribution >= 4 is 17.5 Å². The molecule has 33 heavy (non-hydrogen) atoms. The summed E-state index contributed by atoms with van der Waals surface area (Å²) in [4.78, 5) is 33.2. The van der Waals surface area contributed by atoms with Gasteiger partial charge in [0.25, 0.3) is 5.91 Å². The lowest BCUT2D eigenvalue weighted by atomic mass is 10.1. The van der Waals surface area contributed by atoms with Crippen LogP contribution in [0.4, 0.5) is 10.1 Å². The SMILES string of the molecule is Cc1nc(COc2ccccc2C(=O)N2CCN(CC(=O)Nc3cccc(F)c3)CC2)no1. The number of piperazine rings is 1. The number of aryl methyl sites for hydroxylation is 1. The molecule has 0 radical (unpaired) electrons. The Kier molecular flexibility index (Phi) is 6.94. The number of nitrogens with zero attached hydrogens (tertiary/aromatic N) is 4. The van der Waals surface area contributed by atoms with Crippen LogP contribution in [0, 0.1) is 12.7 Å². The topological polar surface area (TPSA) is 101 Å². The van der Waals surface area contributed by atoms with E-state index in [1.54, 1.807) is 48.2 Å². The standard InChI is InChI=1S/C23H24FN5O4/c1-16-25-21(27-33-16)15-32-20-8-3-2-7-19(20)23(31)29-11-9-28(10-12-29)14-22(30)26-18-6-4-5-17(24)13-18/h2-8,13H,9-12,14-15H2,1H3,(H,26,30). The average molecular weight is 453 g/mol. The van der Waals surface area contributed by atoms with Crippen molar-refractivity contribution in [3.05, 3.63) is 71.6 Å². The van der Waals surface area contributed by atoms with Crippen LogP contribution in [0.15, 0.2) is 53.1 Å². The van der Waals surface area contributed by atoms with Crippen LogP contribution in [-0.4, -0.2) is 64.5 Å². The lowest BCUT2D eigenvalue weighted by molar-refractivity contribution is -0.117. The van der Waals surface area contributed by atoms with E-state index >= 15 is 0 Å². The summed E-state index contributed by atoms with van der Waals surface area (Å²) in [6, 6.07) is 12.8. The number of halogens is 1. The van der Waals surface area contributed by atoms with E-state index in [0.29, 0.717) is 54.9 Å². The molecule has 0 bridgehead atoms. The minimum Gasteiger partial charge on any atom is -0.485 e. The third-order valence-electron chi connectivity index (χ3n) is 5.18. The molecule has 1 saturated heterocycles. The van der Waals surface area contributed by atoms with Crippen molar-refractivity contribution in [2.45, 2.75) is 13.5 Å². The highest BCUT2D eigenvalue weighted by Crippen LogP contribution is 2.22. The van der Waals surface area contributed by atoms with E-state index in [9.17, 15) is 14.0 Å².